The zero-order valence-electron chi connectivity index (χ0n) is 11.2. The Balaban J connectivity index is 2.29. The van der Waals surface area contributed by atoms with Gasteiger partial charge < -0.3 is 0 Å². The molecule has 0 aliphatic rings. The molecule has 0 spiro atoms. The molecule has 0 radical (unpaired) electrons. The topological polar surface area (TPSA) is 63.8 Å². The fourth-order valence-corrected chi connectivity index (χ4v) is 3.25. The Hall–Kier alpha value is -0.720. The minimum absolute atomic E-state index is 0.0802. The summed E-state index contributed by atoms with van der Waals surface area (Å²) in [4.78, 5) is 1.04. The normalized spacial score (nSPS) is 12.9. The molecule has 1 unspecified atom stereocenters. The van der Waals surface area contributed by atoms with Crippen molar-refractivity contribution in [2.45, 2.75) is 32.2 Å². The van der Waals surface area contributed by atoms with E-state index in [4.69, 9.17) is 29.0 Å². The molecule has 4 nitrogen and oxygen atoms in total. The number of aromatic nitrogens is 2. The van der Waals surface area contributed by atoms with Crippen LogP contribution in [0.2, 0.25) is 10.0 Å². The van der Waals surface area contributed by atoms with Crippen molar-refractivity contribution in [2.24, 2.45) is 5.84 Å². The highest BCUT2D eigenvalue weighted by atomic mass is 35.5. The second kappa shape index (κ2) is 6.83. The van der Waals surface area contributed by atoms with Crippen LogP contribution in [0.5, 0.6) is 0 Å². The van der Waals surface area contributed by atoms with Crippen molar-refractivity contribution in [1.29, 1.82) is 0 Å². The average molecular weight is 331 g/mol. The number of rotatable bonds is 5. The van der Waals surface area contributed by atoms with Crippen LogP contribution in [-0.2, 0) is 6.42 Å². The molecule has 1 aromatic carbocycles. The summed E-state index contributed by atoms with van der Waals surface area (Å²) in [5.41, 5.74) is 4.74. The van der Waals surface area contributed by atoms with Crippen molar-refractivity contribution in [3.63, 3.8) is 0 Å². The molecule has 1 atom stereocenters. The van der Waals surface area contributed by atoms with Crippen LogP contribution in [0.1, 0.15) is 41.9 Å². The predicted octanol–water partition coefficient (Wildman–Crippen LogP) is 3.72. The first-order valence-electron chi connectivity index (χ1n) is 6.25. The van der Waals surface area contributed by atoms with E-state index in [9.17, 15) is 0 Å². The molecule has 7 heteroatoms. The largest absolute Gasteiger partial charge is 0.271 e. The summed E-state index contributed by atoms with van der Waals surface area (Å²) in [5, 5.41) is 5.52. The lowest BCUT2D eigenvalue weighted by molar-refractivity contribution is 0.551. The number of hydrogen-bond donors (Lipinski definition) is 2. The van der Waals surface area contributed by atoms with E-state index in [0.717, 1.165) is 16.1 Å². The SMILES string of the molecule is CC(C)c1nnsc1C(Cc1cc(Cl)ccc1Cl)NN. The van der Waals surface area contributed by atoms with Gasteiger partial charge in [-0.2, -0.15) is 0 Å². The fraction of sp³-hybridized carbons (Fsp3) is 0.385. The zero-order valence-corrected chi connectivity index (χ0v) is 13.6. The van der Waals surface area contributed by atoms with Gasteiger partial charge in [-0.3, -0.25) is 11.3 Å². The minimum atomic E-state index is -0.0802. The highest BCUT2D eigenvalue weighted by Gasteiger charge is 2.21. The third-order valence-corrected chi connectivity index (χ3v) is 4.49. The maximum absolute atomic E-state index is 6.21. The van der Waals surface area contributed by atoms with E-state index in [1.807, 2.05) is 6.07 Å². The molecule has 0 saturated heterocycles. The van der Waals surface area contributed by atoms with Crippen molar-refractivity contribution in [2.75, 3.05) is 0 Å². The fourth-order valence-electron chi connectivity index (χ4n) is 1.99. The number of nitrogens with zero attached hydrogens (tertiary/aromatic N) is 2. The van der Waals surface area contributed by atoms with Crippen molar-refractivity contribution in [1.82, 2.24) is 15.0 Å². The minimum Gasteiger partial charge on any atom is -0.271 e. The Labute approximate surface area is 132 Å². The molecule has 0 aliphatic carbocycles. The third kappa shape index (κ3) is 3.48. The highest BCUT2D eigenvalue weighted by molar-refractivity contribution is 7.05. The first-order chi connectivity index (χ1) is 9.52. The van der Waals surface area contributed by atoms with Crippen LogP contribution >= 0.6 is 34.7 Å². The van der Waals surface area contributed by atoms with E-state index >= 15 is 0 Å². The summed E-state index contributed by atoms with van der Waals surface area (Å²) >= 11 is 13.6. The van der Waals surface area contributed by atoms with Crippen molar-refractivity contribution in [3.05, 3.63) is 44.4 Å². The summed E-state index contributed by atoms with van der Waals surface area (Å²) in [6.45, 7) is 4.17. The van der Waals surface area contributed by atoms with Gasteiger partial charge in [-0.1, -0.05) is 41.5 Å². The molecule has 0 aliphatic heterocycles. The third-order valence-electron chi connectivity index (χ3n) is 3.04. The van der Waals surface area contributed by atoms with E-state index < -0.39 is 0 Å². The molecule has 0 amide bonds. The van der Waals surface area contributed by atoms with Gasteiger partial charge in [0.05, 0.1) is 16.6 Å². The summed E-state index contributed by atoms with van der Waals surface area (Å²) in [7, 11) is 0. The Bertz CT molecular complexity index is 586. The molecule has 2 rings (SSSR count). The van der Waals surface area contributed by atoms with Gasteiger partial charge >= 0.3 is 0 Å². The quantitative estimate of drug-likeness (QED) is 0.647. The molecule has 0 bridgehead atoms. The number of benzene rings is 1. The molecule has 1 heterocycles. The van der Waals surface area contributed by atoms with E-state index in [0.29, 0.717) is 22.4 Å². The van der Waals surface area contributed by atoms with Crippen LogP contribution in [0, 0.1) is 0 Å². The standard InChI is InChI=1S/C13H16Cl2N4S/c1-7(2)12-13(20-19-18-12)11(17-16)6-8-5-9(14)3-4-10(8)15/h3-5,7,11,17H,6,16H2,1-2H3. The number of halogens is 2. The van der Waals surface area contributed by atoms with Crippen LogP contribution in [-0.4, -0.2) is 9.59 Å². The smallest absolute Gasteiger partial charge is 0.0829 e. The first kappa shape index (κ1) is 15.7. The Kier molecular flexibility index (Phi) is 5.35. The molecule has 108 valence electrons. The number of nitrogens with two attached hydrogens (primary N) is 1. The van der Waals surface area contributed by atoms with Gasteiger partial charge in [-0.15, -0.1) is 5.10 Å². The second-order valence-corrected chi connectivity index (χ2v) is 6.47. The van der Waals surface area contributed by atoms with Crippen molar-refractivity contribution >= 4 is 34.7 Å². The average Bonchev–Trinajstić information content (AvgIpc) is 2.89. The van der Waals surface area contributed by atoms with Gasteiger partial charge in [0.2, 0.25) is 0 Å². The molecule has 0 saturated carbocycles. The van der Waals surface area contributed by atoms with E-state index in [-0.39, 0.29) is 6.04 Å². The van der Waals surface area contributed by atoms with Gasteiger partial charge in [0, 0.05) is 10.0 Å². The molecule has 3 N–H and O–H groups in total. The van der Waals surface area contributed by atoms with Crippen LogP contribution in [0.4, 0.5) is 0 Å². The van der Waals surface area contributed by atoms with Gasteiger partial charge in [0.25, 0.3) is 0 Å². The maximum Gasteiger partial charge on any atom is 0.0829 e. The maximum atomic E-state index is 6.21. The van der Waals surface area contributed by atoms with E-state index in [1.165, 1.54) is 11.5 Å². The van der Waals surface area contributed by atoms with Gasteiger partial charge in [0.1, 0.15) is 0 Å². The lowest BCUT2D eigenvalue weighted by Crippen LogP contribution is -2.29. The number of hydrogen-bond acceptors (Lipinski definition) is 5. The predicted molar refractivity (Wildman–Crippen MR) is 84.2 cm³/mol. The molecule has 0 fully saturated rings. The van der Waals surface area contributed by atoms with Crippen LogP contribution < -0.4 is 11.3 Å². The second-order valence-electron chi connectivity index (χ2n) is 4.84. The Morgan fingerprint density at radius 2 is 2.10 bits per heavy atom. The summed E-state index contributed by atoms with van der Waals surface area (Å²) < 4.78 is 4.03. The van der Waals surface area contributed by atoms with E-state index in [1.54, 1.807) is 12.1 Å². The molecule has 1 aromatic heterocycles. The van der Waals surface area contributed by atoms with E-state index in [2.05, 4.69) is 28.9 Å². The molecule has 2 aromatic rings. The van der Waals surface area contributed by atoms with Gasteiger partial charge in [-0.25, -0.2) is 0 Å². The number of hydrazine groups is 1. The molecular weight excluding hydrogens is 315 g/mol. The lowest BCUT2D eigenvalue weighted by Gasteiger charge is -2.17. The van der Waals surface area contributed by atoms with Crippen LogP contribution in [0.25, 0.3) is 0 Å². The zero-order chi connectivity index (χ0) is 14.7. The number of nitrogens with one attached hydrogen (secondary N) is 1. The van der Waals surface area contributed by atoms with Crippen LogP contribution in [0.3, 0.4) is 0 Å². The van der Waals surface area contributed by atoms with Crippen molar-refractivity contribution < 1.29 is 0 Å². The monoisotopic (exact) mass is 330 g/mol. The summed E-state index contributed by atoms with van der Waals surface area (Å²) in [6.07, 6.45) is 0.638. The van der Waals surface area contributed by atoms with Crippen LogP contribution in [0.15, 0.2) is 18.2 Å². The van der Waals surface area contributed by atoms with Crippen molar-refractivity contribution in [3.8, 4) is 0 Å². The van der Waals surface area contributed by atoms with Gasteiger partial charge in [0.15, 0.2) is 0 Å². The molecule has 20 heavy (non-hydrogen) atoms. The Morgan fingerprint density at radius 1 is 1.35 bits per heavy atom. The summed E-state index contributed by atoms with van der Waals surface area (Å²) in [5.74, 6) is 5.99. The molecular formula is C13H16Cl2N4S. The summed E-state index contributed by atoms with van der Waals surface area (Å²) in [6, 6.07) is 5.34. The highest BCUT2D eigenvalue weighted by Crippen LogP contribution is 2.30. The lowest BCUT2D eigenvalue weighted by atomic mass is 10.0. The first-order valence-corrected chi connectivity index (χ1v) is 7.78. The van der Waals surface area contributed by atoms with Gasteiger partial charge in [-0.05, 0) is 47.6 Å². The Morgan fingerprint density at radius 3 is 2.75 bits per heavy atom.